The van der Waals surface area contributed by atoms with Crippen molar-refractivity contribution in [2.45, 2.75) is 26.2 Å². The van der Waals surface area contributed by atoms with Crippen molar-refractivity contribution in [2.24, 2.45) is 0 Å². The molecule has 0 unspecified atom stereocenters. The van der Waals surface area contributed by atoms with E-state index in [0.29, 0.717) is 0 Å². The number of hydrogen-bond acceptors (Lipinski definition) is 1. The fourth-order valence-electron chi connectivity index (χ4n) is 2.12. The summed E-state index contributed by atoms with van der Waals surface area (Å²) in [5.74, 6) is 0.136. The van der Waals surface area contributed by atoms with Crippen molar-refractivity contribution in [3.05, 3.63) is 68.8 Å². The molecule has 0 atom stereocenters. The molecule has 0 saturated heterocycles. The summed E-state index contributed by atoms with van der Waals surface area (Å²) in [7, 11) is 0. The molecule has 2 heteroatoms. The predicted octanol–water partition coefficient (Wildman–Crippen LogP) is 4.86. The lowest BCUT2D eigenvalue weighted by atomic mass is 9.95. The highest BCUT2D eigenvalue weighted by Gasteiger charge is 2.14. The first-order valence-electron chi connectivity index (χ1n) is 6.61. The van der Waals surface area contributed by atoms with Crippen LogP contribution in [0.15, 0.2) is 48.5 Å². The van der Waals surface area contributed by atoms with E-state index in [0.717, 1.165) is 39.5 Å². The van der Waals surface area contributed by atoms with Gasteiger partial charge in [-0.05, 0) is 53.1 Å². The van der Waals surface area contributed by atoms with Crippen LogP contribution in [0.2, 0.25) is 0 Å². The number of ketones is 1. The number of unbranched alkanes of at least 4 members (excludes halogenated alkanes) is 1. The second-order valence-corrected chi connectivity index (χ2v) is 5.73. The second-order valence-electron chi connectivity index (χ2n) is 4.57. The number of benzene rings is 2. The summed E-state index contributed by atoms with van der Waals surface area (Å²) < 4.78 is 1.01. The molecule has 0 bridgehead atoms. The monoisotopic (exact) mass is 364 g/mol. The Morgan fingerprint density at radius 2 is 1.63 bits per heavy atom. The van der Waals surface area contributed by atoms with Crippen molar-refractivity contribution in [3.8, 4) is 0 Å². The Hall–Kier alpha value is -1.16. The van der Waals surface area contributed by atoms with E-state index in [9.17, 15) is 4.79 Å². The molecule has 1 nitrogen and oxygen atoms in total. The van der Waals surface area contributed by atoms with Crippen molar-refractivity contribution >= 4 is 28.4 Å². The average Bonchev–Trinajstić information content (AvgIpc) is 2.45. The Morgan fingerprint density at radius 1 is 1.00 bits per heavy atom. The Balaban J connectivity index is 2.36. The summed E-state index contributed by atoms with van der Waals surface area (Å²) in [5, 5.41) is 0. The second kappa shape index (κ2) is 6.85. The average molecular weight is 364 g/mol. The minimum Gasteiger partial charge on any atom is -0.289 e. The van der Waals surface area contributed by atoms with Crippen LogP contribution in [0.1, 0.15) is 41.3 Å². The fourth-order valence-corrected chi connectivity index (χ4v) is 2.75. The number of rotatable bonds is 5. The molecule has 0 fully saturated rings. The van der Waals surface area contributed by atoms with Crippen LogP contribution >= 0.6 is 22.6 Å². The van der Waals surface area contributed by atoms with Gasteiger partial charge in [-0.25, -0.2) is 0 Å². The van der Waals surface area contributed by atoms with Crippen LogP contribution in [0.5, 0.6) is 0 Å². The van der Waals surface area contributed by atoms with Crippen molar-refractivity contribution in [2.75, 3.05) is 0 Å². The molecule has 0 aromatic heterocycles. The first-order chi connectivity index (χ1) is 9.24. The largest absolute Gasteiger partial charge is 0.289 e. The van der Waals surface area contributed by atoms with Crippen LogP contribution in [-0.4, -0.2) is 5.78 Å². The number of aryl methyl sites for hydroxylation is 1. The molecule has 0 N–H and O–H groups in total. The topological polar surface area (TPSA) is 17.1 Å². The number of carbonyl (C=O) groups is 1. The van der Waals surface area contributed by atoms with Gasteiger partial charge in [0.1, 0.15) is 0 Å². The fraction of sp³-hybridized carbons (Fsp3) is 0.235. The van der Waals surface area contributed by atoms with Gasteiger partial charge in [-0.15, -0.1) is 0 Å². The standard InChI is InChI=1S/C17H17IO/c1-2-3-8-13-9-4-5-10-14(13)17(19)15-11-6-7-12-16(15)18/h4-7,9-12H,2-3,8H2,1H3. The van der Waals surface area contributed by atoms with Crippen molar-refractivity contribution in [1.82, 2.24) is 0 Å². The molecule has 2 rings (SSSR count). The van der Waals surface area contributed by atoms with Crippen molar-refractivity contribution < 1.29 is 4.79 Å². The van der Waals surface area contributed by atoms with Gasteiger partial charge in [-0.2, -0.15) is 0 Å². The molecule has 0 amide bonds. The molecule has 0 heterocycles. The molecule has 0 aliphatic rings. The highest BCUT2D eigenvalue weighted by Crippen LogP contribution is 2.20. The highest BCUT2D eigenvalue weighted by molar-refractivity contribution is 14.1. The zero-order valence-electron chi connectivity index (χ0n) is 11.0. The van der Waals surface area contributed by atoms with Crippen LogP contribution in [0.4, 0.5) is 0 Å². The summed E-state index contributed by atoms with van der Waals surface area (Å²) >= 11 is 2.22. The molecule has 0 saturated carbocycles. The number of hydrogen-bond donors (Lipinski definition) is 0. The van der Waals surface area contributed by atoms with E-state index < -0.39 is 0 Å². The molecule has 98 valence electrons. The van der Waals surface area contributed by atoms with Crippen LogP contribution in [0.25, 0.3) is 0 Å². The Morgan fingerprint density at radius 3 is 2.32 bits per heavy atom. The van der Waals surface area contributed by atoms with Crippen LogP contribution < -0.4 is 0 Å². The van der Waals surface area contributed by atoms with E-state index in [2.05, 4.69) is 35.6 Å². The van der Waals surface area contributed by atoms with Gasteiger partial charge in [-0.3, -0.25) is 4.79 Å². The number of carbonyl (C=O) groups excluding carboxylic acids is 1. The van der Waals surface area contributed by atoms with Crippen molar-refractivity contribution in [3.63, 3.8) is 0 Å². The minimum atomic E-state index is 0.136. The van der Waals surface area contributed by atoms with Gasteiger partial charge in [0.15, 0.2) is 5.78 Å². The SMILES string of the molecule is CCCCc1ccccc1C(=O)c1ccccc1I. The zero-order chi connectivity index (χ0) is 13.7. The summed E-state index contributed by atoms with van der Waals surface area (Å²) in [5.41, 5.74) is 2.81. The quantitative estimate of drug-likeness (QED) is 0.547. The maximum absolute atomic E-state index is 12.6. The minimum absolute atomic E-state index is 0.136. The van der Waals surface area contributed by atoms with Gasteiger partial charge in [0.05, 0.1) is 0 Å². The third-order valence-corrected chi connectivity index (χ3v) is 4.12. The Bertz CT molecular complexity index is 575. The maximum atomic E-state index is 12.6. The lowest BCUT2D eigenvalue weighted by Gasteiger charge is -2.09. The molecule has 0 spiro atoms. The van der Waals surface area contributed by atoms with Crippen LogP contribution in [-0.2, 0) is 6.42 Å². The number of halogens is 1. The van der Waals surface area contributed by atoms with Gasteiger partial charge < -0.3 is 0 Å². The first kappa shape index (κ1) is 14.3. The summed E-state index contributed by atoms with van der Waals surface area (Å²) in [6.07, 6.45) is 3.24. The normalized spacial score (nSPS) is 10.4. The summed E-state index contributed by atoms with van der Waals surface area (Å²) in [4.78, 5) is 12.6. The molecule has 0 aliphatic heterocycles. The van der Waals surface area contributed by atoms with Gasteiger partial charge >= 0.3 is 0 Å². The van der Waals surface area contributed by atoms with E-state index in [-0.39, 0.29) is 5.78 Å². The van der Waals surface area contributed by atoms with E-state index in [1.165, 1.54) is 0 Å². The molecular weight excluding hydrogens is 347 g/mol. The molecule has 2 aromatic carbocycles. The predicted molar refractivity (Wildman–Crippen MR) is 87.6 cm³/mol. The lowest BCUT2D eigenvalue weighted by molar-refractivity contribution is 0.103. The zero-order valence-corrected chi connectivity index (χ0v) is 13.2. The van der Waals surface area contributed by atoms with Gasteiger partial charge in [0, 0.05) is 14.7 Å². The third-order valence-electron chi connectivity index (χ3n) is 3.18. The van der Waals surface area contributed by atoms with Crippen LogP contribution in [0.3, 0.4) is 0 Å². The highest BCUT2D eigenvalue weighted by atomic mass is 127. The summed E-state index contributed by atoms with van der Waals surface area (Å²) in [6.45, 7) is 2.17. The molecule has 19 heavy (non-hydrogen) atoms. The first-order valence-corrected chi connectivity index (χ1v) is 7.69. The third kappa shape index (κ3) is 3.44. The van der Waals surface area contributed by atoms with Gasteiger partial charge in [0.2, 0.25) is 0 Å². The molecular formula is C17H17IO. The molecule has 0 radical (unpaired) electrons. The Kier molecular flexibility index (Phi) is 5.14. The van der Waals surface area contributed by atoms with Crippen LogP contribution in [0, 0.1) is 3.57 Å². The Labute approximate surface area is 128 Å². The van der Waals surface area contributed by atoms with E-state index in [1.54, 1.807) is 0 Å². The lowest BCUT2D eigenvalue weighted by Crippen LogP contribution is -2.07. The van der Waals surface area contributed by atoms with Gasteiger partial charge in [-0.1, -0.05) is 49.7 Å². The maximum Gasteiger partial charge on any atom is 0.194 e. The van der Waals surface area contributed by atoms with Crippen molar-refractivity contribution in [1.29, 1.82) is 0 Å². The molecule has 2 aromatic rings. The smallest absolute Gasteiger partial charge is 0.194 e. The summed E-state index contributed by atoms with van der Waals surface area (Å²) in [6, 6.07) is 15.7. The van der Waals surface area contributed by atoms with E-state index in [1.807, 2.05) is 42.5 Å². The van der Waals surface area contributed by atoms with E-state index in [4.69, 9.17) is 0 Å². The van der Waals surface area contributed by atoms with E-state index >= 15 is 0 Å². The van der Waals surface area contributed by atoms with Gasteiger partial charge in [0.25, 0.3) is 0 Å². The molecule has 0 aliphatic carbocycles.